The van der Waals surface area contributed by atoms with Gasteiger partial charge < -0.3 is 9.64 Å². The fourth-order valence-corrected chi connectivity index (χ4v) is 5.86. The highest BCUT2D eigenvalue weighted by Gasteiger charge is 2.47. The summed E-state index contributed by atoms with van der Waals surface area (Å²) in [5.41, 5.74) is 1.60. The summed E-state index contributed by atoms with van der Waals surface area (Å²) in [6.45, 7) is 3.33. The Kier molecular flexibility index (Phi) is 3.04. The first-order valence-corrected chi connectivity index (χ1v) is 9.28. The molecule has 3 heteroatoms. The second kappa shape index (κ2) is 4.88. The van der Waals surface area contributed by atoms with Crippen LogP contribution in [0.3, 0.4) is 0 Å². The first-order chi connectivity index (χ1) is 10.7. The van der Waals surface area contributed by atoms with E-state index in [1.54, 1.807) is 0 Å². The number of halogens is 1. The zero-order chi connectivity index (χ0) is 14.7. The topological polar surface area (TPSA) is 12.5 Å². The average Bonchev–Trinajstić information content (AvgIpc) is 3.24. The van der Waals surface area contributed by atoms with E-state index in [9.17, 15) is 0 Å². The molecule has 1 spiro atoms. The summed E-state index contributed by atoms with van der Waals surface area (Å²) < 4.78 is 5.98. The van der Waals surface area contributed by atoms with Gasteiger partial charge in [0.2, 0.25) is 0 Å². The Morgan fingerprint density at radius 3 is 2.73 bits per heavy atom. The molecule has 1 aromatic carbocycles. The van der Waals surface area contributed by atoms with Gasteiger partial charge in [0.15, 0.2) is 0 Å². The van der Waals surface area contributed by atoms with Gasteiger partial charge in [-0.1, -0.05) is 18.0 Å². The van der Waals surface area contributed by atoms with E-state index in [-0.39, 0.29) is 5.41 Å². The minimum absolute atomic E-state index is 0.231. The minimum Gasteiger partial charge on any atom is -0.492 e. The van der Waals surface area contributed by atoms with Crippen molar-refractivity contribution in [2.75, 3.05) is 19.7 Å². The highest BCUT2D eigenvalue weighted by Crippen LogP contribution is 2.50. The van der Waals surface area contributed by atoms with Crippen LogP contribution in [0.5, 0.6) is 5.75 Å². The van der Waals surface area contributed by atoms with Crippen LogP contribution in [0.2, 0.25) is 5.02 Å². The minimum atomic E-state index is 0.231. The molecule has 2 aliphatic carbocycles. The standard InChI is InChI=1S/C19H24ClNO/c20-15-3-4-18-16(11-15)19(12-22-18)5-7-21(8-6-19)17-10-13-1-2-14(17)9-13/h3-4,11,13-14,17H,1-2,5-10,12H2/t13-,14+,17-/m1/s1. The average molecular weight is 318 g/mol. The lowest BCUT2D eigenvalue weighted by Gasteiger charge is -2.43. The number of benzene rings is 1. The molecule has 1 saturated heterocycles. The highest BCUT2D eigenvalue weighted by atomic mass is 35.5. The summed E-state index contributed by atoms with van der Waals surface area (Å²) >= 11 is 6.23. The SMILES string of the molecule is Clc1ccc2c(c1)C1(CCN([C@@H]3C[C@@H]4CC[C@H]3C4)CC1)CO2. The number of fused-ring (bicyclic) bond motifs is 4. The number of hydrogen-bond acceptors (Lipinski definition) is 2. The molecule has 22 heavy (non-hydrogen) atoms. The van der Waals surface area contributed by atoms with Crippen molar-refractivity contribution in [3.8, 4) is 5.75 Å². The number of piperidine rings is 1. The molecule has 0 radical (unpaired) electrons. The lowest BCUT2D eigenvalue weighted by Crippen LogP contribution is -2.49. The van der Waals surface area contributed by atoms with Gasteiger partial charge in [0.25, 0.3) is 0 Å². The quantitative estimate of drug-likeness (QED) is 0.767. The molecule has 118 valence electrons. The molecule has 2 bridgehead atoms. The number of nitrogens with zero attached hydrogens (tertiary/aromatic N) is 1. The molecule has 0 N–H and O–H groups in total. The Hall–Kier alpha value is -0.730. The Labute approximate surface area is 137 Å². The summed E-state index contributed by atoms with van der Waals surface area (Å²) in [4.78, 5) is 2.80. The van der Waals surface area contributed by atoms with Crippen LogP contribution in [0.15, 0.2) is 18.2 Å². The Bertz CT molecular complexity index is 593. The predicted octanol–water partition coefficient (Wildman–Crippen LogP) is 4.25. The molecule has 5 rings (SSSR count). The zero-order valence-electron chi connectivity index (χ0n) is 13.1. The van der Waals surface area contributed by atoms with Gasteiger partial charge in [-0.15, -0.1) is 0 Å². The van der Waals surface area contributed by atoms with Crippen molar-refractivity contribution in [1.29, 1.82) is 0 Å². The van der Waals surface area contributed by atoms with Crippen LogP contribution >= 0.6 is 11.6 Å². The van der Waals surface area contributed by atoms with Crippen molar-refractivity contribution in [3.05, 3.63) is 28.8 Å². The Balaban J connectivity index is 1.34. The van der Waals surface area contributed by atoms with Crippen molar-refractivity contribution in [2.24, 2.45) is 11.8 Å². The first-order valence-electron chi connectivity index (χ1n) is 8.90. The van der Waals surface area contributed by atoms with Crippen molar-refractivity contribution >= 4 is 11.6 Å². The van der Waals surface area contributed by atoms with Crippen LogP contribution in [0, 0.1) is 11.8 Å². The van der Waals surface area contributed by atoms with Gasteiger partial charge in [-0.25, -0.2) is 0 Å². The van der Waals surface area contributed by atoms with E-state index in [4.69, 9.17) is 16.3 Å². The summed E-state index contributed by atoms with van der Waals surface area (Å²) in [6, 6.07) is 7.03. The van der Waals surface area contributed by atoms with Gasteiger partial charge in [0.1, 0.15) is 5.75 Å². The number of ether oxygens (including phenoxy) is 1. The lowest BCUT2D eigenvalue weighted by molar-refractivity contribution is 0.0747. The molecule has 2 nitrogen and oxygen atoms in total. The first kappa shape index (κ1) is 13.7. The van der Waals surface area contributed by atoms with E-state index in [0.29, 0.717) is 0 Å². The van der Waals surface area contributed by atoms with Gasteiger partial charge in [0.05, 0.1) is 6.61 Å². The van der Waals surface area contributed by atoms with E-state index in [2.05, 4.69) is 17.0 Å². The summed E-state index contributed by atoms with van der Waals surface area (Å²) in [6.07, 6.45) is 8.42. The molecular formula is C19H24ClNO. The van der Waals surface area contributed by atoms with Crippen LogP contribution in [-0.2, 0) is 5.41 Å². The molecular weight excluding hydrogens is 294 g/mol. The van der Waals surface area contributed by atoms with Crippen LogP contribution < -0.4 is 4.74 Å². The van der Waals surface area contributed by atoms with Crippen molar-refractivity contribution in [2.45, 2.75) is 50.0 Å². The molecule has 3 atom stereocenters. The van der Waals surface area contributed by atoms with Gasteiger partial charge in [-0.2, -0.15) is 0 Å². The fraction of sp³-hybridized carbons (Fsp3) is 0.684. The molecule has 2 aliphatic heterocycles. The Morgan fingerprint density at radius 2 is 2.00 bits per heavy atom. The number of likely N-dealkylation sites (tertiary alicyclic amines) is 1. The summed E-state index contributed by atoms with van der Waals surface area (Å²) in [7, 11) is 0. The third kappa shape index (κ3) is 1.96. The maximum Gasteiger partial charge on any atom is 0.123 e. The molecule has 2 heterocycles. The third-order valence-corrected chi connectivity index (χ3v) is 7.18. The molecule has 0 aromatic heterocycles. The van der Waals surface area contributed by atoms with Gasteiger partial charge >= 0.3 is 0 Å². The van der Waals surface area contributed by atoms with Crippen LogP contribution in [-0.4, -0.2) is 30.6 Å². The highest BCUT2D eigenvalue weighted by molar-refractivity contribution is 6.30. The largest absolute Gasteiger partial charge is 0.492 e. The van der Waals surface area contributed by atoms with E-state index in [1.165, 1.54) is 57.2 Å². The van der Waals surface area contributed by atoms with Crippen molar-refractivity contribution < 1.29 is 4.74 Å². The maximum atomic E-state index is 6.23. The molecule has 4 aliphatic rings. The van der Waals surface area contributed by atoms with Gasteiger partial charge in [0, 0.05) is 22.0 Å². The third-order valence-electron chi connectivity index (χ3n) is 6.94. The summed E-state index contributed by atoms with van der Waals surface area (Å²) in [5.74, 6) is 3.11. The van der Waals surface area contributed by atoms with Crippen LogP contribution in [0.1, 0.15) is 44.1 Å². The van der Waals surface area contributed by atoms with Crippen LogP contribution in [0.25, 0.3) is 0 Å². The predicted molar refractivity (Wildman–Crippen MR) is 88.7 cm³/mol. The second-order valence-corrected chi connectivity index (χ2v) is 8.42. The summed E-state index contributed by atoms with van der Waals surface area (Å²) in [5, 5.41) is 0.846. The van der Waals surface area contributed by atoms with Crippen molar-refractivity contribution in [1.82, 2.24) is 4.90 Å². The van der Waals surface area contributed by atoms with E-state index in [1.807, 2.05) is 6.07 Å². The normalized spacial score (nSPS) is 35.8. The lowest BCUT2D eigenvalue weighted by atomic mass is 9.74. The van der Waals surface area contributed by atoms with Gasteiger partial charge in [-0.05, 0) is 75.2 Å². The zero-order valence-corrected chi connectivity index (χ0v) is 13.8. The van der Waals surface area contributed by atoms with Gasteiger partial charge in [-0.3, -0.25) is 0 Å². The molecule has 1 aromatic rings. The second-order valence-electron chi connectivity index (χ2n) is 7.99. The van der Waals surface area contributed by atoms with E-state index in [0.717, 1.165) is 35.3 Å². The van der Waals surface area contributed by atoms with E-state index >= 15 is 0 Å². The molecule has 2 saturated carbocycles. The monoisotopic (exact) mass is 317 g/mol. The van der Waals surface area contributed by atoms with Crippen molar-refractivity contribution in [3.63, 3.8) is 0 Å². The molecule has 0 unspecified atom stereocenters. The van der Waals surface area contributed by atoms with E-state index < -0.39 is 0 Å². The smallest absolute Gasteiger partial charge is 0.123 e. The fourth-order valence-electron chi connectivity index (χ4n) is 5.69. The molecule has 0 amide bonds. The Morgan fingerprint density at radius 1 is 1.14 bits per heavy atom. The maximum absolute atomic E-state index is 6.23. The number of hydrogen-bond donors (Lipinski definition) is 0. The van der Waals surface area contributed by atoms with Crippen LogP contribution in [0.4, 0.5) is 0 Å². The molecule has 3 fully saturated rings. The number of rotatable bonds is 1.